The summed E-state index contributed by atoms with van der Waals surface area (Å²) in [5, 5.41) is 11.5. The number of benzene rings is 2. The molecule has 0 saturated carbocycles. The number of para-hydroxylation sites is 2. The molecule has 0 fully saturated rings. The molecule has 4 rings (SSSR count). The molecule has 0 aliphatic heterocycles. The third-order valence-electron chi connectivity index (χ3n) is 3.78. The minimum atomic E-state index is -0.412. The van der Waals surface area contributed by atoms with E-state index in [9.17, 15) is 4.79 Å². The number of fused-ring (bicyclic) bond motifs is 1. The van der Waals surface area contributed by atoms with Gasteiger partial charge >= 0.3 is 0 Å². The predicted molar refractivity (Wildman–Crippen MR) is 100 cm³/mol. The van der Waals surface area contributed by atoms with Gasteiger partial charge in [0.15, 0.2) is 5.58 Å². The van der Waals surface area contributed by atoms with Crippen LogP contribution in [0.1, 0.15) is 10.4 Å². The average molecular weight is 382 g/mol. The quantitative estimate of drug-likeness (QED) is 0.563. The largest absolute Gasteiger partial charge is 0.496 e. The van der Waals surface area contributed by atoms with Crippen molar-refractivity contribution in [1.82, 2.24) is 15.2 Å². The van der Waals surface area contributed by atoms with Gasteiger partial charge < -0.3 is 13.9 Å². The lowest BCUT2D eigenvalue weighted by molar-refractivity contribution is 0.102. The summed E-state index contributed by atoms with van der Waals surface area (Å²) in [6.45, 7) is 0. The van der Waals surface area contributed by atoms with Crippen LogP contribution in [0.15, 0.2) is 46.9 Å². The molecule has 0 unspecified atom stereocenters. The van der Waals surface area contributed by atoms with Crippen LogP contribution in [0.25, 0.3) is 22.0 Å². The minimum absolute atomic E-state index is 0.279. The normalized spacial score (nSPS) is 10.7. The first-order valence-corrected chi connectivity index (χ1v) is 8.73. The number of amides is 1. The Morgan fingerprint density at radius 1 is 1.04 bits per heavy atom. The molecule has 2 aromatic carbocycles. The molecule has 0 spiro atoms. The van der Waals surface area contributed by atoms with E-state index in [-0.39, 0.29) is 5.56 Å². The number of hydrogen-bond donors (Lipinski definition) is 1. The number of methoxy groups -OCH3 is 2. The number of hydrogen-bond acceptors (Lipinski definition) is 8. The zero-order chi connectivity index (χ0) is 18.8. The van der Waals surface area contributed by atoms with Gasteiger partial charge in [0.25, 0.3) is 11.8 Å². The fourth-order valence-electron chi connectivity index (χ4n) is 2.56. The number of nitrogens with one attached hydrogen (secondary N) is 1. The van der Waals surface area contributed by atoms with Crippen molar-refractivity contribution in [3.05, 3.63) is 48.0 Å². The maximum atomic E-state index is 12.7. The van der Waals surface area contributed by atoms with Gasteiger partial charge in [0.1, 0.15) is 22.6 Å². The van der Waals surface area contributed by atoms with Crippen molar-refractivity contribution in [2.24, 2.45) is 0 Å². The van der Waals surface area contributed by atoms with Gasteiger partial charge in [-0.3, -0.25) is 10.1 Å². The molecule has 0 aliphatic carbocycles. The Labute approximate surface area is 157 Å². The maximum Gasteiger partial charge on any atom is 0.265 e. The maximum absolute atomic E-state index is 12.7. The number of oxazole rings is 1. The highest BCUT2D eigenvalue weighted by molar-refractivity contribution is 7.18. The van der Waals surface area contributed by atoms with E-state index in [1.807, 2.05) is 24.3 Å². The van der Waals surface area contributed by atoms with Gasteiger partial charge in [-0.1, -0.05) is 29.5 Å². The Morgan fingerprint density at radius 2 is 1.78 bits per heavy atom. The van der Waals surface area contributed by atoms with E-state index in [1.165, 1.54) is 14.2 Å². The Kier molecular flexibility index (Phi) is 4.43. The van der Waals surface area contributed by atoms with Crippen LogP contribution < -0.4 is 14.8 Å². The van der Waals surface area contributed by atoms with Crippen molar-refractivity contribution in [3.8, 4) is 22.4 Å². The van der Waals surface area contributed by atoms with Crippen LogP contribution in [0.4, 0.5) is 5.13 Å². The number of aromatic nitrogens is 3. The van der Waals surface area contributed by atoms with Crippen molar-refractivity contribution in [2.75, 3.05) is 19.5 Å². The molecule has 9 heteroatoms. The van der Waals surface area contributed by atoms with E-state index in [1.54, 1.807) is 18.2 Å². The van der Waals surface area contributed by atoms with Gasteiger partial charge in [0.05, 0.1) is 14.2 Å². The van der Waals surface area contributed by atoms with Crippen molar-refractivity contribution in [2.45, 2.75) is 0 Å². The molecule has 0 bridgehead atoms. The van der Waals surface area contributed by atoms with E-state index < -0.39 is 5.91 Å². The highest BCUT2D eigenvalue weighted by Crippen LogP contribution is 2.31. The summed E-state index contributed by atoms with van der Waals surface area (Å²) in [5.41, 5.74) is 1.67. The van der Waals surface area contributed by atoms with Crippen molar-refractivity contribution >= 4 is 33.5 Å². The van der Waals surface area contributed by atoms with Gasteiger partial charge in [0, 0.05) is 0 Å². The lowest BCUT2D eigenvalue weighted by atomic mass is 10.1. The lowest BCUT2D eigenvalue weighted by Gasteiger charge is -2.11. The topological polar surface area (TPSA) is 99.4 Å². The van der Waals surface area contributed by atoms with Crippen molar-refractivity contribution < 1.29 is 18.7 Å². The molecule has 0 saturated heterocycles. The highest BCUT2D eigenvalue weighted by atomic mass is 32.1. The van der Waals surface area contributed by atoms with Crippen LogP contribution in [0, 0.1) is 0 Å². The van der Waals surface area contributed by atoms with Crippen LogP contribution in [-0.2, 0) is 0 Å². The molecule has 27 heavy (non-hydrogen) atoms. The van der Waals surface area contributed by atoms with E-state index in [0.717, 1.165) is 16.9 Å². The molecule has 1 amide bonds. The summed E-state index contributed by atoms with van der Waals surface area (Å²) >= 11 is 1.16. The Morgan fingerprint density at radius 3 is 2.48 bits per heavy atom. The molecule has 8 nitrogen and oxygen atoms in total. The molecule has 4 aromatic rings. The molecule has 1 N–H and O–H groups in total. The third kappa shape index (κ3) is 3.20. The van der Waals surface area contributed by atoms with Crippen LogP contribution in [-0.4, -0.2) is 35.3 Å². The zero-order valence-corrected chi connectivity index (χ0v) is 15.2. The Balaban J connectivity index is 1.60. The summed E-state index contributed by atoms with van der Waals surface area (Å²) in [6.07, 6.45) is 0. The van der Waals surface area contributed by atoms with E-state index >= 15 is 0 Å². The van der Waals surface area contributed by atoms with E-state index in [0.29, 0.717) is 33.1 Å². The van der Waals surface area contributed by atoms with E-state index in [4.69, 9.17) is 13.9 Å². The average Bonchev–Trinajstić information content (AvgIpc) is 3.33. The van der Waals surface area contributed by atoms with Crippen molar-refractivity contribution in [1.29, 1.82) is 0 Å². The molecule has 2 aromatic heterocycles. The summed E-state index contributed by atoms with van der Waals surface area (Å²) in [5.74, 6) is 0.736. The van der Waals surface area contributed by atoms with E-state index in [2.05, 4.69) is 20.5 Å². The SMILES string of the molecule is COc1cccc(OC)c1C(=O)Nc1nnc(-c2nc3ccccc3o2)s1. The summed E-state index contributed by atoms with van der Waals surface area (Å²) in [7, 11) is 2.98. The summed E-state index contributed by atoms with van der Waals surface area (Å²) < 4.78 is 16.2. The Bertz CT molecular complexity index is 1070. The van der Waals surface area contributed by atoms with Crippen LogP contribution in [0.3, 0.4) is 0 Å². The number of carbonyl (C=O) groups is 1. The lowest BCUT2D eigenvalue weighted by Crippen LogP contribution is -2.14. The number of rotatable bonds is 5. The number of nitrogens with zero attached hydrogens (tertiary/aromatic N) is 3. The first-order chi connectivity index (χ1) is 13.2. The smallest absolute Gasteiger partial charge is 0.265 e. The van der Waals surface area contributed by atoms with Crippen LogP contribution >= 0.6 is 11.3 Å². The predicted octanol–water partition coefficient (Wildman–Crippen LogP) is 3.62. The standard InChI is InChI=1S/C18H14N4O4S/c1-24-12-8-5-9-13(25-2)14(12)15(23)20-18-22-21-17(27-18)16-19-10-6-3-4-7-11(10)26-16/h3-9H,1-2H3,(H,20,22,23). The minimum Gasteiger partial charge on any atom is -0.496 e. The molecule has 0 atom stereocenters. The van der Waals surface area contributed by atoms with Crippen LogP contribution in [0.2, 0.25) is 0 Å². The number of anilines is 1. The fourth-order valence-corrected chi connectivity index (χ4v) is 3.22. The molecular weight excluding hydrogens is 368 g/mol. The molecule has 2 heterocycles. The molecule has 0 radical (unpaired) electrons. The van der Waals surface area contributed by atoms with Gasteiger partial charge in [-0.05, 0) is 24.3 Å². The summed E-state index contributed by atoms with van der Waals surface area (Å²) in [6, 6.07) is 12.5. The first-order valence-electron chi connectivity index (χ1n) is 7.91. The monoisotopic (exact) mass is 382 g/mol. The Hall–Kier alpha value is -3.46. The molecule has 0 aliphatic rings. The first kappa shape index (κ1) is 17.0. The summed E-state index contributed by atoms with van der Waals surface area (Å²) in [4.78, 5) is 17.1. The third-order valence-corrected chi connectivity index (χ3v) is 4.60. The molecule has 136 valence electrons. The van der Waals surface area contributed by atoms with Gasteiger partial charge in [-0.2, -0.15) is 0 Å². The van der Waals surface area contributed by atoms with Gasteiger partial charge in [0.2, 0.25) is 10.1 Å². The second kappa shape index (κ2) is 7.04. The fraction of sp³-hybridized carbons (Fsp3) is 0.111. The second-order valence-electron chi connectivity index (χ2n) is 5.39. The highest BCUT2D eigenvalue weighted by Gasteiger charge is 2.21. The molecular formula is C18H14N4O4S. The van der Waals surface area contributed by atoms with Crippen molar-refractivity contribution in [3.63, 3.8) is 0 Å². The number of ether oxygens (including phenoxy) is 2. The second-order valence-corrected chi connectivity index (χ2v) is 6.37. The van der Waals surface area contributed by atoms with Gasteiger partial charge in [-0.25, -0.2) is 4.98 Å². The number of carbonyl (C=O) groups excluding carboxylic acids is 1. The van der Waals surface area contributed by atoms with Crippen LogP contribution in [0.5, 0.6) is 11.5 Å². The van der Waals surface area contributed by atoms with Gasteiger partial charge in [-0.15, -0.1) is 10.2 Å². The zero-order valence-electron chi connectivity index (χ0n) is 14.4.